The highest BCUT2D eigenvalue weighted by atomic mass is 32.1. The highest BCUT2D eigenvalue weighted by Gasteiger charge is 2.16. The number of rotatable bonds is 7. The molecule has 22 heavy (non-hydrogen) atoms. The Labute approximate surface area is 134 Å². The van der Waals surface area contributed by atoms with E-state index in [0.29, 0.717) is 5.13 Å². The topological polar surface area (TPSA) is 93.2 Å². The third kappa shape index (κ3) is 7.92. The molecule has 0 unspecified atom stereocenters. The molecule has 0 saturated carbocycles. The van der Waals surface area contributed by atoms with Gasteiger partial charge in [0, 0.05) is 19.4 Å². The first-order valence-corrected chi connectivity index (χ1v) is 8.21. The quantitative estimate of drug-likeness (QED) is 0.802. The Kier molecular flexibility index (Phi) is 7.23. The number of nitrogens with one attached hydrogen (secondary N) is 2. The second-order valence-corrected chi connectivity index (χ2v) is 6.89. The summed E-state index contributed by atoms with van der Waals surface area (Å²) in [4.78, 5) is 23.2. The molecule has 1 heterocycles. The number of nitrogens with zero attached hydrogens (tertiary/aromatic N) is 2. The van der Waals surface area contributed by atoms with Crippen molar-refractivity contribution in [2.45, 2.75) is 59.0 Å². The number of ether oxygens (including phenoxy) is 1. The minimum atomic E-state index is -0.548. The zero-order valence-corrected chi connectivity index (χ0v) is 14.4. The number of alkyl carbamates (subject to hydrolysis) is 1. The van der Waals surface area contributed by atoms with Crippen LogP contribution in [0.25, 0.3) is 0 Å². The normalized spacial score (nSPS) is 11.1. The van der Waals surface area contributed by atoms with Crippen molar-refractivity contribution in [1.82, 2.24) is 15.5 Å². The van der Waals surface area contributed by atoms with E-state index in [1.807, 2.05) is 0 Å². The molecule has 0 fully saturated rings. The van der Waals surface area contributed by atoms with Gasteiger partial charge in [-0.25, -0.2) is 4.79 Å². The molecular weight excluding hydrogens is 304 g/mol. The number of aryl methyl sites for hydroxylation is 1. The Morgan fingerprint density at radius 2 is 2.00 bits per heavy atom. The lowest BCUT2D eigenvalue weighted by Crippen LogP contribution is -2.34. The fraction of sp³-hybridized carbons (Fsp3) is 0.714. The van der Waals surface area contributed by atoms with Crippen LogP contribution in [0.5, 0.6) is 0 Å². The van der Waals surface area contributed by atoms with Gasteiger partial charge in [-0.2, -0.15) is 0 Å². The Morgan fingerprint density at radius 3 is 2.64 bits per heavy atom. The standard InChI is InChI=1S/C14H24N4O3S/c1-5-6-7-11-17-18-12(22-11)16-10(19)8-9-15-13(20)21-14(2,3)4/h5-9H2,1-4H3,(H,15,20)(H,16,18,19). The maximum absolute atomic E-state index is 11.7. The van der Waals surface area contributed by atoms with E-state index in [1.165, 1.54) is 11.3 Å². The summed E-state index contributed by atoms with van der Waals surface area (Å²) in [5, 5.41) is 14.6. The Hall–Kier alpha value is -1.70. The molecule has 0 aliphatic carbocycles. The lowest BCUT2D eigenvalue weighted by atomic mass is 10.2. The van der Waals surface area contributed by atoms with E-state index in [2.05, 4.69) is 27.8 Å². The third-order valence-electron chi connectivity index (χ3n) is 2.48. The second kappa shape index (κ2) is 8.67. The molecule has 1 aromatic heterocycles. The van der Waals surface area contributed by atoms with Crippen molar-refractivity contribution in [2.24, 2.45) is 0 Å². The molecule has 2 N–H and O–H groups in total. The van der Waals surface area contributed by atoms with Gasteiger partial charge in [0.05, 0.1) is 0 Å². The number of aromatic nitrogens is 2. The highest BCUT2D eigenvalue weighted by molar-refractivity contribution is 7.15. The van der Waals surface area contributed by atoms with Gasteiger partial charge in [0.15, 0.2) is 0 Å². The van der Waals surface area contributed by atoms with E-state index < -0.39 is 11.7 Å². The summed E-state index contributed by atoms with van der Waals surface area (Å²) in [6.45, 7) is 7.67. The molecule has 2 amide bonds. The van der Waals surface area contributed by atoms with E-state index in [0.717, 1.165) is 24.3 Å². The van der Waals surface area contributed by atoms with Crippen LogP contribution in [-0.4, -0.2) is 34.3 Å². The monoisotopic (exact) mass is 328 g/mol. The fourth-order valence-corrected chi connectivity index (χ4v) is 2.30. The van der Waals surface area contributed by atoms with Crippen LogP contribution in [0, 0.1) is 0 Å². The molecule has 0 atom stereocenters. The van der Waals surface area contributed by atoms with Gasteiger partial charge in [-0.05, 0) is 27.2 Å². The molecule has 7 nitrogen and oxygen atoms in total. The lowest BCUT2D eigenvalue weighted by Gasteiger charge is -2.19. The van der Waals surface area contributed by atoms with Crippen molar-refractivity contribution in [3.8, 4) is 0 Å². The largest absolute Gasteiger partial charge is 0.444 e. The smallest absolute Gasteiger partial charge is 0.407 e. The van der Waals surface area contributed by atoms with E-state index in [9.17, 15) is 9.59 Å². The minimum absolute atomic E-state index is 0.156. The summed E-state index contributed by atoms with van der Waals surface area (Å²) in [7, 11) is 0. The average Bonchev–Trinajstić information content (AvgIpc) is 2.81. The Morgan fingerprint density at radius 1 is 1.27 bits per heavy atom. The van der Waals surface area contributed by atoms with Crippen LogP contribution in [0.4, 0.5) is 9.93 Å². The van der Waals surface area contributed by atoms with Crippen molar-refractivity contribution < 1.29 is 14.3 Å². The predicted octanol–water partition coefficient (Wildman–Crippen LogP) is 2.73. The molecule has 1 aromatic rings. The van der Waals surface area contributed by atoms with E-state index in [-0.39, 0.29) is 18.9 Å². The molecule has 0 aromatic carbocycles. The zero-order valence-electron chi connectivity index (χ0n) is 13.6. The maximum Gasteiger partial charge on any atom is 0.407 e. The molecule has 0 radical (unpaired) electrons. The minimum Gasteiger partial charge on any atom is -0.444 e. The number of amides is 2. The number of carbonyl (C=O) groups is 2. The predicted molar refractivity (Wildman–Crippen MR) is 86.0 cm³/mol. The summed E-state index contributed by atoms with van der Waals surface area (Å²) in [5.41, 5.74) is -0.548. The molecule has 0 aliphatic heterocycles. The van der Waals surface area contributed by atoms with Gasteiger partial charge in [-0.15, -0.1) is 10.2 Å². The van der Waals surface area contributed by atoms with Gasteiger partial charge in [0.2, 0.25) is 11.0 Å². The second-order valence-electron chi connectivity index (χ2n) is 5.83. The molecular formula is C14H24N4O3S. The number of anilines is 1. The first kappa shape index (κ1) is 18.3. The molecule has 0 spiro atoms. The number of unbranched alkanes of at least 4 members (excludes halogenated alkanes) is 1. The summed E-state index contributed by atoms with van der Waals surface area (Å²) < 4.78 is 5.08. The molecule has 0 aliphatic rings. The van der Waals surface area contributed by atoms with Crippen LogP contribution in [0.1, 0.15) is 52.0 Å². The van der Waals surface area contributed by atoms with E-state index >= 15 is 0 Å². The number of hydrogen-bond acceptors (Lipinski definition) is 6. The molecule has 0 bridgehead atoms. The first-order chi connectivity index (χ1) is 10.3. The van der Waals surface area contributed by atoms with Crippen LogP contribution < -0.4 is 10.6 Å². The summed E-state index contributed by atoms with van der Waals surface area (Å²) in [6.07, 6.45) is 2.66. The maximum atomic E-state index is 11.7. The van der Waals surface area contributed by atoms with Gasteiger partial charge in [0.25, 0.3) is 0 Å². The van der Waals surface area contributed by atoms with Gasteiger partial charge < -0.3 is 15.4 Å². The van der Waals surface area contributed by atoms with Gasteiger partial charge in [-0.1, -0.05) is 24.7 Å². The van der Waals surface area contributed by atoms with Gasteiger partial charge in [-0.3, -0.25) is 4.79 Å². The molecule has 0 saturated heterocycles. The SMILES string of the molecule is CCCCc1nnc(NC(=O)CCNC(=O)OC(C)(C)C)s1. The van der Waals surface area contributed by atoms with Gasteiger partial charge in [0.1, 0.15) is 10.6 Å². The lowest BCUT2D eigenvalue weighted by molar-refractivity contribution is -0.116. The van der Waals surface area contributed by atoms with E-state index in [1.54, 1.807) is 20.8 Å². The van der Waals surface area contributed by atoms with Crippen molar-refractivity contribution in [2.75, 3.05) is 11.9 Å². The zero-order chi connectivity index (χ0) is 16.6. The average molecular weight is 328 g/mol. The molecule has 8 heteroatoms. The highest BCUT2D eigenvalue weighted by Crippen LogP contribution is 2.17. The van der Waals surface area contributed by atoms with Crippen LogP contribution >= 0.6 is 11.3 Å². The van der Waals surface area contributed by atoms with Crippen molar-refractivity contribution >= 4 is 28.5 Å². The fourth-order valence-electron chi connectivity index (χ4n) is 1.51. The van der Waals surface area contributed by atoms with Crippen LogP contribution in [0.15, 0.2) is 0 Å². The molecule has 1 rings (SSSR count). The Bertz CT molecular complexity index is 497. The van der Waals surface area contributed by atoms with Crippen LogP contribution in [-0.2, 0) is 16.0 Å². The first-order valence-electron chi connectivity index (χ1n) is 7.39. The number of carbonyl (C=O) groups excluding carboxylic acids is 2. The van der Waals surface area contributed by atoms with Crippen LogP contribution in [0.2, 0.25) is 0 Å². The van der Waals surface area contributed by atoms with Crippen molar-refractivity contribution in [1.29, 1.82) is 0 Å². The number of hydrogen-bond donors (Lipinski definition) is 2. The van der Waals surface area contributed by atoms with Gasteiger partial charge >= 0.3 is 6.09 Å². The van der Waals surface area contributed by atoms with E-state index in [4.69, 9.17) is 4.74 Å². The summed E-state index contributed by atoms with van der Waals surface area (Å²) in [6, 6.07) is 0. The Balaban J connectivity index is 2.26. The van der Waals surface area contributed by atoms with Crippen molar-refractivity contribution in [3.05, 3.63) is 5.01 Å². The summed E-state index contributed by atoms with van der Waals surface area (Å²) in [5.74, 6) is -0.214. The summed E-state index contributed by atoms with van der Waals surface area (Å²) >= 11 is 1.38. The molecule has 124 valence electrons. The third-order valence-corrected chi connectivity index (χ3v) is 3.38. The van der Waals surface area contributed by atoms with Crippen LogP contribution in [0.3, 0.4) is 0 Å². The van der Waals surface area contributed by atoms with Crippen molar-refractivity contribution in [3.63, 3.8) is 0 Å².